The van der Waals surface area contributed by atoms with Gasteiger partial charge in [-0.05, 0) is 23.8 Å². The van der Waals surface area contributed by atoms with Gasteiger partial charge in [0.15, 0.2) is 0 Å². The smallest absolute Gasteiger partial charge is 0.0627 e. The molecule has 15 heavy (non-hydrogen) atoms. The number of aromatic nitrogens is 1. The SMILES string of the molecule is C=c1ncc(-c2ccccc2)c/c1=C/C. The highest BCUT2D eigenvalue weighted by atomic mass is 14.6. The van der Waals surface area contributed by atoms with Gasteiger partial charge in [-0.2, -0.15) is 0 Å². The monoisotopic (exact) mass is 195 g/mol. The summed E-state index contributed by atoms with van der Waals surface area (Å²) in [5.74, 6) is 0. The summed E-state index contributed by atoms with van der Waals surface area (Å²) in [6.45, 7) is 5.88. The lowest BCUT2D eigenvalue weighted by molar-refractivity contribution is 1.23. The molecule has 0 aliphatic heterocycles. The molecule has 2 aromatic rings. The molecule has 0 aliphatic rings. The fraction of sp³-hybridized carbons (Fsp3) is 0.0714. The third kappa shape index (κ3) is 1.96. The zero-order valence-electron chi connectivity index (χ0n) is 8.77. The number of nitrogens with zero attached hydrogens (tertiary/aromatic N) is 1. The van der Waals surface area contributed by atoms with E-state index in [9.17, 15) is 0 Å². The molecule has 1 aromatic carbocycles. The Morgan fingerprint density at radius 1 is 1.13 bits per heavy atom. The van der Waals surface area contributed by atoms with Crippen LogP contribution in [0, 0.1) is 0 Å². The molecule has 0 aliphatic carbocycles. The van der Waals surface area contributed by atoms with Crippen LogP contribution in [0.25, 0.3) is 23.8 Å². The van der Waals surface area contributed by atoms with Crippen LogP contribution in [0.1, 0.15) is 6.92 Å². The first-order chi connectivity index (χ1) is 7.31. The summed E-state index contributed by atoms with van der Waals surface area (Å²) < 4.78 is 0. The molecule has 0 radical (unpaired) electrons. The standard InChI is InChI=1S/C14H13N/c1-3-12-9-14(10-15-11(12)2)13-7-5-4-6-8-13/h3-10H,2H2,1H3/b12-3-. The molecule has 2 rings (SSSR count). The number of hydrogen-bond donors (Lipinski definition) is 0. The van der Waals surface area contributed by atoms with E-state index in [-0.39, 0.29) is 0 Å². The molecule has 0 atom stereocenters. The zero-order chi connectivity index (χ0) is 10.7. The fourth-order valence-electron chi connectivity index (χ4n) is 1.55. The van der Waals surface area contributed by atoms with Gasteiger partial charge in [0.1, 0.15) is 0 Å². The second-order valence-electron chi connectivity index (χ2n) is 3.41. The molecule has 1 heterocycles. The predicted octanol–water partition coefficient (Wildman–Crippen LogP) is 1.96. The van der Waals surface area contributed by atoms with Gasteiger partial charge in [0.2, 0.25) is 0 Å². The van der Waals surface area contributed by atoms with Gasteiger partial charge in [-0.15, -0.1) is 0 Å². The highest BCUT2D eigenvalue weighted by Crippen LogP contribution is 2.14. The van der Waals surface area contributed by atoms with Crippen molar-refractivity contribution < 1.29 is 0 Å². The van der Waals surface area contributed by atoms with Gasteiger partial charge in [0, 0.05) is 11.8 Å². The minimum Gasteiger partial charge on any atom is -0.256 e. The minimum absolute atomic E-state index is 0.831. The van der Waals surface area contributed by atoms with Gasteiger partial charge >= 0.3 is 0 Å². The molecular weight excluding hydrogens is 182 g/mol. The van der Waals surface area contributed by atoms with Crippen LogP contribution >= 0.6 is 0 Å². The molecule has 1 aromatic heterocycles. The topological polar surface area (TPSA) is 12.9 Å². The molecule has 0 saturated heterocycles. The third-order valence-electron chi connectivity index (χ3n) is 2.42. The second-order valence-corrected chi connectivity index (χ2v) is 3.41. The lowest BCUT2D eigenvalue weighted by Crippen LogP contribution is -2.25. The van der Waals surface area contributed by atoms with Gasteiger partial charge in [0.25, 0.3) is 0 Å². The van der Waals surface area contributed by atoms with Crippen molar-refractivity contribution in [2.24, 2.45) is 0 Å². The van der Waals surface area contributed by atoms with Crippen molar-refractivity contribution in [2.45, 2.75) is 6.92 Å². The highest BCUT2D eigenvalue weighted by molar-refractivity contribution is 5.62. The van der Waals surface area contributed by atoms with Crippen LogP contribution in [-0.2, 0) is 0 Å². The molecule has 0 unspecified atom stereocenters. The molecule has 74 valence electrons. The van der Waals surface area contributed by atoms with Crippen LogP contribution in [0.3, 0.4) is 0 Å². The Balaban J connectivity index is 2.62. The van der Waals surface area contributed by atoms with Crippen molar-refractivity contribution in [1.82, 2.24) is 4.98 Å². The zero-order valence-corrected chi connectivity index (χ0v) is 8.77. The summed E-state index contributed by atoms with van der Waals surface area (Å²) in [5.41, 5.74) is 2.32. The fourth-order valence-corrected chi connectivity index (χ4v) is 1.55. The van der Waals surface area contributed by atoms with Crippen LogP contribution in [0.5, 0.6) is 0 Å². The number of hydrogen-bond acceptors (Lipinski definition) is 1. The molecule has 1 nitrogen and oxygen atoms in total. The van der Waals surface area contributed by atoms with Crippen LogP contribution in [-0.4, -0.2) is 4.98 Å². The maximum atomic E-state index is 4.28. The summed E-state index contributed by atoms with van der Waals surface area (Å²) in [5, 5.41) is 1.92. The summed E-state index contributed by atoms with van der Waals surface area (Å²) >= 11 is 0. The highest BCUT2D eigenvalue weighted by Gasteiger charge is 1.95. The number of rotatable bonds is 1. The molecule has 1 heteroatoms. The Hall–Kier alpha value is -1.89. The second kappa shape index (κ2) is 4.09. The van der Waals surface area contributed by atoms with Crippen molar-refractivity contribution >= 4 is 12.7 Å². The van der Waals surface area contributed by atoms with Gasteiger partial charge in [-0.3, -0.25) is 4.98 Å². The molecule has 0 spiro atoms. The third-order valence-corrected chi connectivity index (χ3v) is 2.42. The first-order valence-electron chi connectivity index (χ1n) is 4.98. The number of benzene rings is 1. The Labute approximate surface area is 89.4 Å². The van der Waals surface area contributed by atoms with Crippen LogP contribution in [0.15, 0.2) is 42.6 Å². The molecule has 0 amide bonds. The van der Waals surface area contributed by atoms with E-state index in [4.69, 9.17) is 0 Å². The van der Waals surface area contributed by atoms with E-state index in [0.717, 1.165) is 16.1 Å². The van der Waals surface area contributed by atoms with Gasteiger partial charge in [0.05, 0.1) is 5.35 Å². The van der Waals surface area contributed by atoms with Gasteiger partial charge < -0.3 is 0 Å². The Morgan fingerprint density at radius 3 is 2.53 bits per heavy atom. The first kappa shape index (κ1) is 9.66. The first-order valence-corrected chi connectivity index (χ1v) is 4.98. The van der Waals surface area contributed by atoms with E-state index < -0.39 is 0 Å². The normalized spacial score (nSPS) is 11.7. The summed E-state index contributed by atoms with van der Waals surface area (Å²) in [4.78, 5) is 4.28. The van der Waals surface area contributed by atoms with Crippen LogP contribution < -0.4 is 10.6 Å². The molecule has 0 saturated carbocycles. The predicted molar refractivity (Wildman–Crippen MR) is 64.6 cm³/mol. The summed E-state index contributed by atoms with van der Waals surface area (Å²) in [7, 11) is 0. The van der Waals surface area contributed by atoms with Crippen molar-refractivity contribution in [2.75, 3.05) is 0 Å². The van der Waals surface area contributed by atoms with E-state index in [2.05, 4.69) is 29.8 Å². The van der Waals surface area contributed by atoms with Gasteiger partial charge in [-0.1, -0.05) is 43.0 Å². The van der Waals surface area contributed by atoms with E-state index in [1.807, 2.05) is 37.4 Å². The summed E-state index contributed by atoms with van der Waals surface area (Å²) in [6.07, 6.45) is 3.90. The van der Waals surface area contributed by atoms with E-state index >= 15 is 0 Å². The van der Waals surface area contributed by atoms with Crippen LogP contribution in [0.4, 0.5) is 0 Å². The average Bonchev–Trinajstić information content (AvgIpc) is 2.31. The lowest BCUT2D eigenvalue weighted by atomic mass is 10.1. The largest absolute Gasteiger partial charge is 0.256 e. The molecule has 0 N–H and O–H groups in total. The minimum atomic E-state index is 0.831. The maximum Gasteiger partial charge on any atom is 0.0627 e. The quantitative estimate of drug-likeness (QED) is 0.678. The van der Waals surface area contributed by atoms with Crippen molar-refractivity contribution in [3.63, 3.8) is 0 Å². The number of pyridine rings is 1. The van der Waals surface area contributed by atoms with Crippen LogP contribution in [0.2, 0.25) is 0 Å². The van der Waals surface area contributed by atoms with E-state index in [1.165, 1.54) is 5.56 Å². The Morgan fingerprint density at radius 2 is 1.87 bits per heavy atom. The van der Waals surface area contributed by atoms with Crippen molar-refractivity contribution in [3.05, 3.63) is 53.2 Å². The Kier molecular flexibility index (Phi) is 2.64. The lowest BCUT2D eigenvalue weighted by Gasteiger charge is -2.00. The van der Waals surface area contributed by atoms with Gasteiger partial charge in [-0.25, -0.2) is 0 Å². The average molecular weight is 195 g/mol. The van der Waals surface area contributed by atoms with E-state index in [0.29, 0.717) is 0 Å². The molecule has 0 bridgehead atoms. The van der Waals surface area contributed by atoms with Crippen molar-refractivity contribution in [3.8, 4) is 11.1 Å². The van der Waals surface area contributed by atoms with Crippen molar-refractivity contribution in [1.29, 1.82) is 0 Å². The molecular formula is C14H13N. The summed E-state index contributed by atoms with van der Waals surface area (Å²) in [6, 6.07) is 12.4. The molecule has 0 fully saturated rings. The van der Waals surface area contributed by atoms with E-state index in [1.54, 1.807) is 0 Å². The maximum absolute atomic E-state index is 4.28. The Bertz CT molecular complexity index is 556.